The fourth-order valence-corrected chi connectivity index (χ4v) is 4.33. The van der Waals surface area contributed by atoms with Crippen molar-refractivity contribution in [3.63, 3.8) is 0 Å². The van der Waals surface area contributed by atoms with Crippen LogP contribution in [-0.2, 0) is 26.2 Å². The first-order chi connectivity index (χ1) is 15.0. The number of hydrogen-bond donors (Lipinski definition) is 2. The van der Waals surface area contributed by atoms with Gasteiger partial charge in [0.25, 0.3) is 5.69 Å². The molecule has 0 bridgehead atoms. The largest absolute Gasteiger partial charge is 0.473 e. The zero-order valence-corrected chi connectivity index (χ0v) is 17.4. The molecule has 0 aromatic heterocycles. The Morgan fingerprint density at radius 2 is 1.56 bits per heavy atom. The summed E-state index contributed by atoms with van der Waals surface area (Å²) in [7, 11) is -3.68. The topological polar surface area (TPSA) is 158 Å². The van der Waals surface area contributed by atoms with E-state index in [1.54, 1.807) is 6.07 Å². The number of carboxylic acids is 2. The van der Waals surface area contributed by atoms with Gasteiger partial charge < -0.3 is 10.2 Å². The highest BCUT2D eigenvalue weighted by atomic mass is 32.2. The lowest BCUT2D eigenvalue weighted by atomic mass is 10.2. The molecule has 0 saturated carbocycles. The van der Waals surface area contributed by atoms with E-state index < -0.39 is 26.9 Å². The molecule has 2 aromatic rings. The second-order valence-electron chi connectivity index (χ2n) is 6.67. The van der Waals surface area contributed by atoms with E-state index in [0.29, 0.717) is 32.7 Å². The maximum absolute atomic E-state index is 13.3. The van der Waals surface area contributed by atoms with Crippen molar-refractivity contribution < 1.29 is 37.5 Å². The number of nitro benzene ring substituents is 1. The van der Waals surface area contributed by atoms with Gasteiger partial charge in [0, 0.05) is 44.9 Å². The molecule has 1 saturated heterocycles. The summed E-state index contributed by atoms with van der Waals surface area (Å²) in [6, 6.07) is 11.2. The van der Waals surface area contributed by atoms with Gasteiger partial charge >= 0.3 is 11.9 Å². The number of carbonyl (C=O) groups is 2. The highest BCUT2D eigenvalue weighted by Crippen LogP contribution is 2.21. The SMILES string of the molecule is O=C(O)C(=O)O.O=[N+]([O-])c1ccc(S(=O)(=O)N2CCN(Cc3cccc(F)c3)CC2)cc1. The van der Waals surface area contributed by atoms with Gasteiger partial charge in [0.2, 0.25) is 10.0 Å². The zero-order valence-electron chi connectivity index (χ0n) is 16.6. The Morgan fingerprint density at radius 1 is 1.00 bits per heavy atom. The standard InChI is InChI=1S/C17H18FN3O4S.C2H2O4/c18-15-3-1-2-14(12-15)13-19-8-10-20(11-9-19)26(24,25)17-6-4-16(5-7-17)21(22)23;3-1(4)2(5)6/h1-7,12H,8-11,13H2;(H,3,4)(H,5,6). The second kappa shape index (κ2) is 10.7. The maximum atomic E-state index is 13.3. The molecule has 0 radical (unpaired) electrons. The van der Waals surface area contributed by atoms with Crippen LogP contribution in [0.5, 0.6) is 0 Å². The van der Waals surface area contributed by atoms with E-state index in [-0.39, 0.29) is 16.4 Å². The summed E-state index contributed by atoms with van der Waals surface area (Å²) >= 11 is 0. The van der Waals surface area contributed by atoms with Crippen LogP contribution in [0.4, 0.5) is 10.1 Å². The van der Waals surface area contributed by atoms with Gasteiger partial charge in [0.1, 0.15) is 5.82 Å². The molecule has 1 aliphatic heterocycles. The summed E-state index contributed by atoms with van der Waals surface area (Å²) in [6.45, 7) is 2.25. The molecule has 0 atom stereocenters. The van der Waals surface area contributed by atoms with Crippen molar-refractivity contribution in [2.24, 2.45) is 0 Å². The number of nitro groups is 1. The summed E-state index contributed by atoms with van der Waals surface area (Å²) in [6.07, 6.45) is 0. The van der Waals surface area contributed by atoms with Gasteiger partial charge in [0.05, 0.1) is 9.82 Å². The monoisotopic (exact) mass is 469 g/mol. The third-order valence-electron chi connectivity index (χ3n) is 4.49. The van der Waals surface area contributed by atoms with Crippen LogP contribution in [-0.4, -0.2) is 70.9 Å². The molecule has 0 aliphatic carbocycles. The van der Waals surface area contributed by atoms with Crippen LogP contribution >= 0.6 is 0 Å². The number of rotatable bonds is 5. The number of hydrogen-bond acceptors (Lipinski definition) is 7. The molecular formula is C19H20FN3O8S. The molecule has 1 fully saturated rings. The van der Waals surface area contributed by atoms with E-state index in [4.69, 9.17) is 19.8 Å². The van der Waals surface area contributed by atoms with E-state index in [1.165, 1.54) is 40.7 Å². The van der Waals surface area contributed by atoms with Gasteiger partial charge in [-0.1, -0.05) is 12.1 Å². The molecule has 3 rings (SSSR count). The lowest BCUT2D eigenvalue weighted by Crippen LogP contribution is -2.48. The van der Waals surface area contributed by atoms with E-state index in [1.807, 2.05) is 6.07 Å². The number of nitrogens with zero attached hydrogens (tertiary/aromatic N) is 3. The molecular weight excluding hydrogens is 449 g/mol. The lowest BCUT2D eigenvalue weighted by molar-refractivity contribution is -0.384. The summed E-state index contributed by atoms with van der Waals surface area (Å²) in [5, 5.41) is 25.5. The molecule has 0 spiro atoms. The van der Waals surface area contributed by atoms with E-state index >= 15 is 0 Å². The Labute approximate surface area is 182 Å². The summed E-state index contributed by atoms with van der Waals surface area (Å²) in [4.78, 5) is 30.4. The number of halogens is 1. The van der Waals surface area contributed by atoms with Gasteiger partial charge in [-0.3, -0.25) is 15.0 Å². The van der Waals surface area contributed by atoms with Crippen LogP contribution < -0.4 is 0 Å². The molecule has 2 aromatic carbocycles. The Bertz CT molecular complexity index is 1070. The van der Waals surface area contributed by atoms with Crippen LogP contribution in [0.3, 0.4) is 0 Å². The molecule has 1 aliphatic rings. The molecule has 0 unspecified atom stereocenters. The van der Waals surface area contributed by atoms with E-state index in [9.17, 15) is 22.9 Å². The quantitative estimate of drug-likeness (QED) is 0.375. The van der Waals surface area contributed by atoms with E-state index in [0.717, 1.165) is 5.56 Å². The van der Waals surface area contributed by atoms with Crippen LogP contribution in [0.25, 0.3) is 0 Å². The Morgan fingerprint density at radius 3 is 2.03 bits per heavy atom. The van der Waals surface area contributed by atoms with Crippen molar-refractivity contribution >= 4 is 27.6 Å². The Balaban J connectivity index is 0.000000534. The molecule has 172 valence electrons. The van der Waals surface area contributed by atoms with Crippen molar-refractivity contribution in [3.8, 4) is 0 Å². The number of non-ortho nitro benzene ring substituents is 1. The van der Waals surface area contributed by atoms with Crippen LogP contribution in [0, 0.1) is 15.9 Å². The first-order valence-electron chi connectivity index (χ1n) is 9.18. The van der Waals surface area contributed by atoms with Crippen LogP contribution in [0.2, 0.25) is 0 Å². The van der Waals surface area contributed by atoms with Crippen molar-refractivity contribution in [2.75, 3.05) is 26.2 Å². The minimum Gasteiger partial charge on any atom is -0.473 e. The molecule has 13 heteroatoms. The third-order valence-corrected chi connectivity index (χ3v) is 6.41. The third kappa shape index (κ3) is 6.80. The predicted octanol–water partition coefficient (Wildman–Crippen LogP) is 1.40. The zero-order chi connectivity index (χ0) is 23.9. The lowest BCUT2D eigenvalue weighted by Gasteiger charge is -2.34. The maximum Gasteiger partial charge on any atom is 0.414 e. The summed E-state index contributed by atoms with van der Waals surface area (Å²) in [5.41, 5.74) is 0.695. The average molecular weight is 469 g/mol. The van der Waals surface area contributed by atoms with Crippen molar-refractivity contribution in [3.05, 3.63) is 70.0 Å². The molecule has 0 amide bonds. The van der Waals surface area contributed by atoms with Crippen LogP contribution in [0.15, 0.2) is 53.4 Å². The minimum absolute atomic E-state index is 0.0432. The number of benzene rings is 2. The molecule has 32 heavy (non-hydrogen) atoms. The van der Waals surface area contributed by atoms with Gasteiger partial charge in [-0.2, -0.15) is 4.31 Å². The normalized spacial score (nSPS) is 14.8. The van der Waals surface area contributed by atoms with Crippen molar-refractivity contribution in [1.82, 2.24) is 9.21 Å². The smallest absolute Gasteiger partial charge is 0.414 e. The van der Waals surface area contributed by atoms with Crippen LogP contribution in [0.1, 0.15) is 5.56 Å². The van der Waals surface area contributed by atoms with Gasteiger partial charge in [0.15, 0.2) is 0 Å². The highest BCUT2D eigenvalue weighted by molar-refractivity contribution is 7.89. The predicted molar refractivity (Wildman–Crippen MR) is 109 cm³/mol. The molecule has 1 heterocycles. The molecule has 2 N–H and O–H groups in total. The number of sulfonamides is 1. The summed E-state index contributed by atoms with van der Waals surface area (Å²) in [5.74, 6) is -3.94. The van der Waals surface area contributed by atoms with Gasteiger partial charge in [-0.15, -0.1) is 0 Å². The number of piperazine rings is 1. The first-order valence-corrected chi connectivity index (χ1v) is 10.6. The van der Waals surface area contributed by atoms with E-state index in [2.05, 4.69) is 4.90 Å². The number of carboxylic acid groups (broad SMARTS) is 2. The minimum atomic E-state index is -3.68. The van der Waals surface area contributed by atoms with Gasteiger partial charge in [-0.05, 0) is 29.8 Å². The Hall–Kier alpha value is -3.42. The second-order valence-corrected chi connectivity index (χ2v) is 8.61. The fourth-order valence-electron chi connectivity index (χ4n) is 2.91. The first kappa shape index (κ1) is 24.8. The number of aliphatic carboxylic acids is 2. The van der Waals surface area contributed by atoms with Gasteiger partial charge in [-0.25, -0.2) is 22.4 Å². The molecule has 11 nitrogen and oxygen atoms in total. The highest BCUT2D eigenvalue weighted by Gasteiger charge is 2.28. The Kier molecular flexibility index (Phi) is 8.34. The summed E-state index contributed by atoms with van der Waals surface area (Å²) < 4.78 is 40.0. The van der Waals surface area contributed by atoms with Crippen molar-refractivity contribution in [2.45, 2.75) is 11.4 Å². The van der Waals surface area contributed by atoms with Crippen molar-refractivity contribution in [1.29, 1.82) is 0 Å². The average Bonchev–Trinajstić information content (AvgIpc) is 2.74. The fraction of sp³-hybridized carbons (Fsp3) is 0.263.